The molecule has 1 aliphatic heterocycles. The quantitative estimate of drug-likeness (QED) is 0.291. The second-order valence-electron chi connectivity index (χ2n) is 7.48. The molecule has 1 aliphatic rings. The molecule has 0 fully saturated rings. The van der Waals surface area contributed by atoms with Gasteiger partial charge in [-0.3, -0.25) is 9.59 Å². The van der Waals surface area contributed by atoms with Crippen LogP contribution in [-0.2, 0) is 19.1 Å². The summed E-state index contributed by atoms with van der Waals surface area (Å²) in [5.74, 6) is 0.286. The van der Waals surface area contributed by atoms with Crippen LogP contribution >= 0.6 is 11.8 Å². The molecule has 2 amide bonds. The summed E-state index contributed by atoms with van der Waals surface area (Å²) in [6.45, 7) is 1.04. The van der Waals surface area contributed by atoms with Crippen LogP contribution in [0.3, 0.4) is 0 Å². The van der Waals surface area contributed by atoms with Crippen molar-refractivity contribution in [2.75, 3.05) is 52.8 Å². The Morgan fingerprint density at radius 3 is 2.65 bits per heavy atom. The Labute approximate surface area is 202 Å². The SMILES string of the molecule is COCCNC(=O)CSc1ccccc1C(=O)OCC(=O)N(C)C[C@@H]1COc2ccccc2O1. The molecule has 1 atom stereocenters. The average Bonchev–Trinajstić information content (AvgIpc) is 2.86. The number of thioether (sulfide) groups is 1. The third-order valence-electron chi connectivity index (χ3n) is 4.89. The van der Waals surface area contributed by atoms with Gasteiger partial charge >= 0.3 is 5.97 Å². The van der Waals surface area contributed by atoms with Crippen LogP contribution in [0.15, 0.2) is 53.4 Å². The highest BCUT2D eigenvalue weighted by molar-refractivity contribution is 8.00. The summed E-state index contributed by atoms with van der Waals surface area (Å²) in [5, 5.41) is 2.72. The van der Waals surface area contributed by atoms with Crippen molar-refractivity contribution in [2.24, 2.45) is 0 Å². The molecular weight excluding hydrogens is 460 g/mol. The Morgan fingerprint density at radius 1 is 1.12 bits per heavy atom. The molecular formula is C24H28N2O7S. The largest absolute Gasteiger partial charge is 0.486 e. The van der Waals surface area contributed by atoms with E-state index in [1.165, 1.54) is 16.7 Å². The van der Waals surface area contributed by atoms with Crippen molar-refractivity contribution in [1.29, 1.82) is 0 Å². The minimum absolute atomic E-state index is 0.141. The first-order valence-corrected chi connectivity index (χ1v) is 11.7. The summed E-state index contributed by atoms with van der Waals surface area (Å²) in [6.07, 6.45) is -0.327. The minimum Gasteiger partial charge on any atom is -0.486 e. The number of nitrogens with zero attached hydrogens (tertiary/aromatic N) is 1. The number of para-hydroxylation sites is 2. The van der Waals surface area contributed by atoms with E-state index >= 15 is 0 Å². The van der Waals surface area contributed by atoms with E-state index in [-0.39, 0.29) is 30.2 Å². The van der Waals surface area contributed by atoms with E-state index in [1.807, 2.05) is 24.3 Å². The Hall–Kier alpha value is -3.24. The van der Waals surface area contributed by atoms with Gasteiger partial charge in [0.05, 0.1) is 24.5 Å². The summed E-state index contributed by atoms with van der Waals surface area (Å²) < 4.78 is 21.7. The number of benzene rings is 2. The molecule has 0 saturated carbocycles. The molecule has 2 aromatic rings. The number of amides is 2. The standard InChI is InChI=1S/C24H28N2O7S/c1-26(13-17-14-31-19-8-4-5-9-20(19)33-17)23(28)15-32-24(29)18-7-3-6-10-21(18)34-16-22(27)25-11-12-30-2/h3-10,17H,11-16H2,1-2H3,(H,25,27)/t17-/m1/s1. The molecule has 0 spiro atoms. The highest BCUT2D eigenvalue weighted by atomic mass is 32.2. The van der Waals surface area contributed by atoms with E-state index in [2.05, 4.69) is 5.32 Å². The molecule has 0 unspecified atom stereocenters. The van der Waals surface area contributed by atoms with Gasteiger partial charge < -0.3 is 29.2 Å². The van der Waals surface area contributed by atoms with Gasteiger partial charge in [-0.1, -0.05) is 24.3 Å². The molecule has 0 aromatic heterocycles. The van der Waals surface area contributed by atoms with Crippen LogP contribution in [0.1, 0.15) is 10.4 Å². The van der Waals surface area contributed by atoms with Crippen LogP contribution in [0.4, 0.5) is 0 Å². The van der Waals surface area contributed by atoms with Gasteiger partial charge in [0.15, 0.2) is 24.2 Å². The smallest absolute Gasteiger partial charge is 0.339 e. The number of nitrogens with one attached hydrogen (secondary N) is 1. The van der Waals surface area contributed by atoms with Crippen LogP contribution in [0.5, 0.6) is 11.5 Å². The lowest BCUT2D eigenvalue weighted by Gasteiger charge is -2.29. The summed E-state index contributed by atoms with van der Waals surface area (Å²) in [6, 6.07) is 14.1. The molecule has 3 rings (SSSR count). The van der Waals surface area contributed by atoms with Crippen molar-refractivity contribution in [3.63, 3.8) is 0 Å². The zero-order valence-electron chi connectivity index (χ0n) is 19.2. The third-order valence-corrected chi connectivity index (χ3v) is 5.97. The summed E-state index contributed by atoms with van der Waals surface area (Å²) >= 11 is 1.22. The molecule has 0 radical (unpaired) electrons. The number of methoxy groups -OCH3 is 1. The van der Waals surface area contributed by atoms with Crippen LogP contribution in [0.25, 0.3) is 0 Å². The van der Waals surface area contributed by atoms with Gasteiger partial charge in [-0.05, 0) is 24.3 Å². The normalized spacial score (nSPS) is 14.2. The molecule has 9 nitrogen and oxygen atoms in total. The van der Waals surface area contributed by atoms with Crippen molar-refractivity contribution in [3.8, 4) is 11.5 Å². The zero-order chi connectivity index (χ0) is 24.3. The number of hydrogen-bond donors (Lipinski definition) is 1. The molecule has 1 N–H and O–H groups in total. The fraction of sp³-hybridized carbons (Fsp3) is 0.375. The number of carbonyl (C=O) groups is 3. The van der Waals surface area contributed by atoms with Gasteiger partial charge in [0.1, 0.15) is 6.61 Å². The van der Waals surface area contributed by atoms with Gasteiger partial charge in [0.25, 0.3) is 5.91 Å². The molecule has 2 aromatic carbocycles. The Kier molecular flexibility index (Phi) is 9.60. The van der Waals surface area contributed by atoms with Crippen molar-refractivity contribution < 1.29 is 33.3 Å². The van der Waals surface area contributed by atoms with E-state index < -0.39 is 12.6 Å². The number of likely N-dealkylation sites (N-methyl/N-ethyl adjacent to an activating group) is 1. The molecule has 34 heavy (non-hydrogen) atoms. The van der Waals surface area contributed by atoms with Gasteiger partial charge in [-0.2, -0.15) is 0 Å². The van der Waals surface area contributed by atoms with E-state index in [9.17, 15) is 14.4 Å². The molecule has 0 aliphatic carbocycles. The van der Waals surface area contributed by atoms with Crippen LogP contribution in [-0.4, -0.2) is 81.6 Å². The molecule has 1 heterocycles. The second kappa shape index (κ2) is 12.9. The summed E-state index contributed by atoms with van der Waals surface area (Å²) in [5.41, 5.74) is 0.299. The maximum atomic E-state index is 12.6. The first-order valence-electron chi connectivity index (χ1n) is 10.7. The molecule has 10 heteroatoms. The predicted molar refractivity (Wildman–Crippen MR) is 126 cm³/mol. The highest BCUT2D eigenvalue weighted by Gasteiger charge is 2.24. The molecule has 182 valence electrons. The summed E-state index contributed by atoms with van der Waals surface area (Å²) in [4.78, 5) is 39.1. The average molecular weight is 489 g/mol. The highest BCUT2D eigenvalue weighted by Crippen LogP contribution is 2.31. The Balaban J connectivity index is 1.46. The van der Waals surface area contributed by atoms with Gasteiger partial charge in [-0.25, -0.2) is 4.79 Å². The van der Waals surface area contributed by atoms with E-state index in [4.69, 9.17) is 18.9 Å². The second-order valence-corrected chi connectivity index (χ2v) is 8.49. The summed E-state index contributed by atoms with van der Waals surface area (Å²) in [7, 11) is 3.18. The number of fused-ring (bicyclic) bond motifs is 1. The van der Waals surface area contributed by atoms with Crippen LogP contribution in [0, 0.1) is 0 Å². The number of hydrogen-bond acceptors (Lipinski definition) is 8. The monoisotopic (exact) mass is 488 g/mol. The number of carbonyl (C=O) groups excluding carboxylic acids is 3. The lowest BCUT2D eigenvalue weighted by atomic mass is 10.2. The van der Waals surface area contributed by atoms with Gasteiger partial charge in [-0.15, -0.1) is 11.8 Å². The minimum atomic E-state index is -0.629. The fourth-order valence-corrected chi connectivity index (χ4v) is 3.99. The fourth-order valence-electron chi connectivity index (χ4n) is 3.12. The number of rotatable bonds is 11. The predicted octanol–water partition coefficient (Wildman–Crippen LogP) is 2.00. The van der Waals surface area contributed by atoms with Gasteiger partial charge in [0, 0.05) is 25.6 Å². The first-order chi connectivity index (χ1) is 16.5. The van der Waals surface area contributed by atoms with Crippen LogP contribution < -0.4 is 14.8 Å². The third kappa shape index (κ3) is 7.39. The number of ether oxygens (including phenoxy) is 4. The lowest BCUT2D eigenvalue weighted by molar-refractivity contribution is -0.134. The molecule has 0 bridgehead atoms. The maximum absolute atomic E-state index is 12.6. The first kappa shape index (κ1) is 25.4. The van der Waals surface area contributed by atoms with Crippen molar-refractivity contribution in [2.45, 2.75) is 11.0 Å². The number of esters is 1. The van der Waals surface area contributed by atoms with Gasteiger partial charge in [0.2, 0.25) is 5.91 Å². The van der Waals surface area contributed by atoms with E-state index in [1.54, 1.807) is 38.4 Å². The lowest BCUT2D eigenvalue weighted by Crippen LogP contribution is -2.43. The molecule has 0 saturated heterocycles. The zero-order valence-corrected chi connectivity index (χ0v) is 20.0. The van der Waals surface area contributed by atoms with Crippen molar-refractivity contribution in [3.05, 3.63) is 54.1 Å². The Bertz CT molecular complexity index is 1000. The van der Waals surface area contributed by atoms with Crippen LogP contribution in [0.2, 0.25) is 0 Å². The van der Waals surface area contributed by atoms with E-state index in [0.29, 0.717) is 41.7 Å². The maximum Gasteiger partial charge on any atom is 0.339 e. The van der Waals surface area contributed by atoms with Crippen molar-refractivity contribution >= 4 is 29.5 Å². The van der Waals surface area contributed by atoms with Crippen molar-refractivity contribution in [1.82, 2.24) is 10.2 Å². The topological polar surface area (TPSA) is 103 Å². The van der Waals surface area contributed by atoms with E-state index in [0.717, 1.165) is 0 Å². The Morgan fingerprint density at radius 2 is 1.85 bits per heavy atom.